The number of methoxy groups -OCH3 is 1. The third-order valence-electron chi connectivity index (χ3n) is 4.15. The lowest BCUT2D eigenvalue weighted by Crippen LogP contribution is -2.28. The quantitative estimate of drug-likeness (QED) is 0.448. The van der Waals surface area contributed by atoms with Crippen LogP contribution in [0.15, 0.2) is 42.5 Å². The second-order valence-corrected chi connectivity index (χ2v) is 6.85. The number of fused-ring (bicyclic) bond motifs is 1. The van der Waals surface area contributed by atoms with Crippen molar-refractivity contribution in [3.8, 4) is 17.2 Å². The molecule has 5 nitrogen and oxygen atoms in total. The fourth-order valence-electron chi connectivity index (χ4n) is 2.79. The number of ether oxygens (including phenoxy) is 3. The highest BCUT2D eigenvalue weighted by molar-refractivity contribution is 6.11. The molecule has 0 bridgehead atoms. The average molecular weight is 384 g/mol. The summed E-state index contributed by atoms with van der Waals surface area (Å²) in [5.41, 5.74) is 0.585. The Bertz CT molecular complexity index is 942. The van der Waals surface area contributed by atoms with Gasteiger partial charge in [-0.15, -0.1) is 0 Å². The van der Waals surface area contributed by atoms with E-state index in [2.05, 4.69) is 0 Å². The molecule has 2 aromatic rings. The van der Waals surface area contributed by atoms with Crippen molar-refractivity contribution in [3.63, 3.8) is 0 Å². The Kier molecular flexibility index (Phi) is 5.51. The summed E-state index contributed by atoms with van der Waals surface area (Å²) in [5.74, 6) is -0.469. The molecule has 0 saturated carbocycles. The van der Waals surface area contributed by atoms with Crippen molar-refractivity contribution in [2.24, 2.45) is 0 Å². The lowest BCUT2D eigenvalue weighted by molar-refractivity contribution is 0.0502. The number of carbonyl (C=O) groups excluding carboxylic acids is 1. The van der Waals surface area contributed by atoms with E-state index in [0.29, 0.717) is 16.9 Å². The monoisotopic (exact) mass is 384 g/mol. The Morgan fingerprint density at radius 3 is 2.68 bits per heavy atom. The van der Waals surface area contributed by atoms with Gasteiger partial charge in [-0.2, -0.15) is 0 Å². The molecule has 3 rings (SSSR count). The predicted octanol–water partition coefficient (Wildman–Crippen LogP) is 4.59. The molecular weight excluding hydrogens is 363 g/mol. The van der Waals surface area contributed by atoms with Gasteiger partial charge < -0.3 is 19.3 Å². The lowest BCUT2D eigenvalue weighted by Gasteiger charge is -2.30. The number of rotatable bonds is 6. The van der Waals surface area contributed by atoms with Crippen LogP contribution < -0.4 is 9.47 Å². The first kappa shape index (κ1) is 19.6. The number of phenols is 1. The summed E-state index contributed by atoms with van der Waals surface area (Å²) in [5, 5.41) is 10.5. The SMILES string of the molecule is COCOc1cc(O)c(C(=O)/C=C/c2ccc(F)cc2)c2c1C=CC(C)(C)O2. The van der Waals surface area contributed by atoms with Crippen LogP contribution in [0.5, 0.6) is 17.2 Å². The highest BCUT2D eigenvalue weighted by Gasteiger charge is 2.30. The van der Waals surface area contributed by atoms with Gasteiger partial charge in [0, 0.05) is 13.2 Å². The minimum Gasteiger partial charge on any atom is -0.507 e. The summed E-state index contributed by atoms with van der Waals surface area (Å²) in [7, 11) is 1.49. The smallest absolute Gasteiger partial charge is 0.193 e. The summed E-state index contributed by atoms with van der Waals surface area (Å²) in [6.45, 7) is 3.67. The second-order valence-electron chi connectivity index (χ2n) is 6.85. The Hall–Kier alpha value is -3.12. The number of hydrogen-bond acceptors (Lipinski definition) is 5. The van der Waals surface area contributed by atoms with E-state index in [0.717, 1.165) is 0 Å². The molecule has 0 amide bonds. The maximum Gasteiger partial charge on any atom is 0.193 e. The molecule has 0 aliphatic carbocycles. The fourth-order valence-corrected chi connectivity index (χ4v) is 2.79. The highest BCUT2D eigenvalue weighted by atomic mass is 19.1. The molecule has 2 aromatic carbocycles. The molecule has 0 saturated heterocycles. The van der Waals surface area contributed by atoms with Crippen LogP contribution >= 0.6 is 0 Å². The van der Waals surface area contributed by atoms with Gasteiger partial charge in [0.1, 0.15) is 34.2 Å². The molecule has 28 heavy (non-hydrogen) atoms. The van der Waals surface area contributed by atoms with Crippen LogP contribution in [-0.2, 0) is 4.74 Å². The van der Waals surface area contributed by atoms with Crippen LogP contribution in [0.3, 0.4) is 0 Å². The number of halogens is 1. The fraction of sp³-hybridized carbons (Fsp3) is 0.227. The van der Waals surface area contributed by atoms with Crippen LogP contribution in [0.25, 0.3) is 12.2 Å². The van der Waals surface area contributed by atoms with Crippen LogP contribution in [0.2, 0.25) is 0 Å². The van der Waals surface area contributed by atoms with Gasteiger partial charge in [0.25, 0.3) is 0 Å². The molecule has 1 heterocycles. The van der Waals surface area contributed by atoms with Gasteiger partial charge in [-0.1, -0.05) is 18.2 Å². The van der Waals surface area contributed by atoms with Crippen LogP contribution in [0.1, 0.15) is 35.3 Å². The van der Waals surface area contributed by atoms with Crippen LogP contribution in [0, 0.1) is 5.82 Å². The summed E-state index contributed by atoms with van der Waals surface area (Å²) >= 11 is 0. The molecule has 1 N–H and O–H groups in total. The second kappa shape index (κ2) is 7.86. The number of hydrogen-bond donors (Lipinski definition) is 1. The molecule has 0 atom stereocenters. The van der Waals surface area contributed by atoms with Gasteiger partial charge >= 0.3 is 0 Å². The molecule has 1 aliphatic heterocycles. The molecular formula is C22H21FO5. The first-order valence-electron chi connectivity index (χ1n) is 8.68. The first-order chi connectivity index (χ1) is 13.3. The molecule has 0 fully saturated rings. The van der Waals surface area contributed by atoms with Crippen molar-refractivity contribution < 1.29 is 28.5 Å². The Labute approximate surface area is 162 Å². The maximum atomic E-state index is 13.0. The Morgan fingerprint density at radius 2 is 2.00 bits per heavy atom. The Morgan fingerprint density at radius 1 is 1.29 bits per heavy atom. The van der Waals surface area contributed by atoms with Crippen molar-refractivity contribution in [2.75, 3.05) is 13.9 Å². The van der Waals surface area contributed by atoms with Crippen LogP contribution in [0.4, 0.5) is 4.39 Å². The maximum absolute atomic E-state index is 13.0. The van der Waals surface area contributed by atoms with Crippen molar-refractivity contribution in [1.82, 2.24) is 0 Å². The third kappa shape index (κ3) is 4.23. The first-order valence-corrected chi connectivity index (χ1v) is 8.68. The minimum absolute atomic E-state index is 0.0130. The number of phenolic OH excluding ortho intramolecular Hbond substituents is 1. The normalized spacial score (nSPS) is 14.6. The lowest BCUT2D eigenvalue weighted by atomic mass is 9.96. The van der Waals surface area contributed by atoms with E-state index in [1.54, 1.807) is 24.3 Å². The van der Waals surface area contributed by atoms with Crippen LogP contribution in [-0.4, -0.2) is 30.4 Å². The molecule has 146 valence electrons. The van der Waals surface area contributed by atoms with Gasteiger partial charge in [-0.25, -0.2) is 4.39 Å². The predicted molar refractivity (Wildman–Crippen MR) is 104 cm³/mol. The van der Waals surface area contributed by atoms with E-state index in [-0.39, 0.29) is 29.7 Å². The summed E-state index contributed by atoms with van der Waals surface area (Å²) in [6, 6.07) is 7.09. The van der Waals surface area contributed by atoms with Crippen molar-refractivity contribution in [3.05, 3.63) is 65.0 Å². The summed E-state index contributed by atoms with van der Waals surface area (Å²) < 4.78 is 29.4. The van der Waals surface area contributed by atoms with E-state index in [1.807, 2.05) is 19.9 Å². The van der Waals surface area contributed by atoms with Crippen molar-refractivity contribution in [2.45, 2.75) is 19.4 Å². The number of allylic oxidation sites excluding steroid dienone is 1. The van der Waals surface area contributed by atoms with Gasteiger partial charge in [0.2, 0.25) is 0 Å². The van der Waals surface area contributed by atoms with E-state index < -0.39 is 11.4 Å². The molecule has 6 heteroatoms. The zero-order valence-corrected chi connectivity index (χ0v) is 15.9. The van der Waals surface area contributed by atoms with Gasteiger partial charge in [0.05, 0.1) is 5.56 Å². The molecule has 1 aliphatic rings. The van der Waals surface area contributed by atoms with E-state index in [1.165, 1.54) is 31.4 Å². The molecule has 0 aromatic heterocycles. The van der Waals surface area contributed by atoms with E-state index >= 15 is 0 Å². The van der Waals surface area contributed by atoms with Gasteiger partial charge in [-0.05, 0) is 49.8 Å². The highest BCUT2D eigenvalue weighted by Crippen LogP contribution is 2.44. The minimum atomic E-state index is -0.658. The zero-order valence-electron chi connectivity index (χ0n) is 15.9. The van der Waals surface area contributed by atoms with E-state index in [9.17, 15) is 14.3 Å². The third-order valence-corrected chi connectivity index (χ3v) is 4.15. The topological polar surface area (TPSA) is 65.0 Å². The average Bonchev–Trinajstić information content (AvgIpc) is 2.64. The number of aromatic hydroxyl groups is 1. The molecule has 0 spiro atoms. The molecule has 0 unspecified atom stereocenters. The van der Waals surface area contributed by atoms with Crippen molar-refractivity contribution >= 4 is 17.9 Å². The Balaban J connectivity index is 2.01. The number of ketones is 1. The zero-order chi connectivity index (χ0) is 20.3. The van der Waals surface area contributed by atoms with Gasteiger partial charge in [0.15, 0.2) is 12.6 Å². The van der Waals surface area contributed by atoms with Gasteiger partial charge in [-0.3, -0.25) is 4.79 Å². The summed E-state index contributed by atoms with van der Waals surface area (Å²) in [6.07, 6.45) is 6.50. The van der Waals surface area contributed by atoms with E-state index in [4.69, 9.17) is 14.2 Å². The summed E-state index contributed by atoms with van der Waals surface area (Å²) in [4.78, 5) is 12.8. The molecule has 0 radical (unpaired) electrons. The largest absolute Gasteiger partial charge is 0.507 e. The number of benzene rings is 2. The van der Waals surface area contributed by atoms with Crippen molar-refractivity contribution in [1.29, 1.82) is 0 Å². The standard InChI is InChI=1S/C22H21FO5/c1-22(2)11-10-16-19(27-13-26-3)12-18(25)20(21(16)28-22)17(24)9-6-14-4-7-15(23)8-5-14/h4-12,25H,13H2,1-3H3/b9-6+. The number of carbonyl (C=O) groups is 1.